The lowest BCUT2D eigenvalue weighted by atomic mass is 10.3. The van der Waals surface area contributed by atoms with Crippen LogP contribution < -0.4 is 10.1 Å². The van der Waals surface area contributed by atoms with Crippen LogP contribution in [0.15, 0.2) is 10.6 Å². The molecule has 0 radical (unpaired) electrons. The molecule has 0 bridgehead atoms. The first-order valence-electron chi connectivity index (χ1n) is 6.90. The smallest absolute Gasteiger partial charge is 0.174 e. The van der Waals surface area contributed by atoms with Crippen molar-refractivity contribution < 1.29 is 9.26 Å². The van der Waals surface area contributed by atoms with Gasteiger partial charge in [0, 0.05) is 19.7 Å². The van der Waals surface area contributed by atoms with E-state index in [1.807, 2.05) is 31.6 Å². The molecule has 0 amide bonds. The average Bonchev–Trinajstić information content (AvgIpc) is 2.95. The van der Waals surface area contributed by atoms with E-state index in [0.29, 0.717) is 6.61 Å². The maximum absolute atomic E-state index is 5.78. The van der Waals surface area contributed by atoms with E-state index in [2.05, 4.69) is 22.5 Å². The van der Waals surface area contributed by atoms with Crippen LogP contribution in [-0.4, -0.2) is 21.5 Å². The highest BCUT2D eigenvalue weighted by Gasteiger charge is 2.12. The minimum atomic E-state index is 0.369. The van der Waals surface area contributed by atoms with Gasteiger partial charge in [-0.1, -0.05) is 12.1 Å². The second-order valence-corrected chi connectivity index (χ2v) is 4.87. The molecule has 0 aliphatic carbocycles. The Morgan fingerprint density at radius 2 is 2.20 bits per heavy atom. The maximum Gasteiger partial charge on any atom is 0.174 e. The Kier molecular flexibility index (Phi) is 4.79. The minimum absolute atomic E-state index is 0.369. The summed E-state index contributed by atoms with van der Waals surface area (Å²) in [7, 11) is 1.90. The van der Waals surface area contributed by atoms with Crippen LogP contribution in [0.1, 0.15) is 36.2 Å². The van der Waals surface area contributed by atoms with Crippen molar-refractivity contribution in [1.82, 2.24) is 20.3 Å². The van der Waals surface area contributed by atoms with E-state index in [0.717, 1.165) is 48.1 Å². The van der Waals surface area contributed by atoms with Gasteiger partial charge in [0.15, 0.2) is 11.5 Å². The molecule has 20 heavy (non-hydrogen) atoms. The third kappa shape index (κ3) is 3.39. The van der Waals surface area contributed by atoms with Crippen LogP contribution in [0.4, 0.5) is 0 Å². The van der Waals surface area contributed by atoms with Crippen LogP contribution >= 0.6 is 0 Å². The molecule has 2 aromatic rings. The predicted octanol–water partition coefficient (Wildman–Crippen LogP) is 2.10. The molecule has 2 heterocycles. The molecule has 0 saturated carbocycles. The number of nitrogens with zero attached hydrogens (tertiary/aromatic N) is 3. The van der Waals surface area contributed by atoms with E-state index in [1.54, 1.807) is 0 Å². The van der Waals surface area contributed by atoms with Gasteiger partial charge in [-0.2, -0.15) is 5.10 Å². The summed E-state index contributed by atoms with van der Waals surface area (Å²) in [5.41, 5.74) is 2.79. The normalized spacial score (nSPS) is 11.0. The lowest BCUT2D eigenvalue weighted by molar-refractivity contribution is 0.245. The molecule has 0 atom stereocenters. The lowest BCUT2D eigenvalue weighted by Gasteiger charge is -2.03. The lowest BCUT2D eigenvalue weighted by Crippen LogP contribution is -2.13. The largest absolute Gasteiger partial charge is 0.482 e. The van der Waals surface area contributed by atoms with E-state index in [9.17, 15) is 0 Å². The zero-order valence-corrected chi connectivity index (χ0v) is 12.6. The van der Waals surface area contributed by atoms with Crippen molar-refractivity contribution in [3.8, 4) is 5.75 Å². The standard InChI is InChI=1S/C14H22N4O2/c1-5-6-15-8-12-7-13(20-17-12)9-19-14-10(2)16-18(4)11(14)3/h7,15H,5-6,8-9H2,1-4H3. The number of hydrogen-bond donors (Lipinski definition) is 1. The molecule has 2 rings (SSSR count). The van der Waals surface area contributed by atoms with Crippen LogP contribution in [0, 0.1) is 13.8 Å². The van der Waals surface area contributed by atoms with Gasteiger partial charge < -0.3 is 14.6 Å². The quantitative estimate of drug-likeness (QED) is 0.786. The molecular weight excluding hydrogens is 256 g/mol. The first-order valence-corrected chi connectivity index (χ1v) is 6.90. The van der Waals surface area contributed by atoms with Gasteiger partial charge >= 0.3 is 0 Å². The minimum Gasteiger partial charge on any atom is -0.482 e. The fraction of sp³-hybridized carbons (Fsp3) is 0.571. The van der Waals surface area contributed by atoms with Crippen LogP contribution in [0.5, 0.6) is 5.75 Å². The van der Waals surface area contributed by atoms with Gasteiger partial charge in [-0.3, -0.25) is 4.68 Å². The van der Waals surface area contributed by atoms with Crippen LogP contribution in [0.25, 0.3) is 0 Å². The van der Waals surface area contributed by atoms with Crippen molar-refractivity contribution in [3.63, 3.8) is 0 Å². The van der Waals surface area contributed by atoms with E-state index in [-0.39, 0.29) is 0 Å². The number of aromatic nitrogens is 3. The average molecular weight is 278 g/mol. The van der Waals surface area contributed by atoms with Gasteiger partial charge in [-0.15, -0.1) is 0 Å². The Hall–Kier alpha value is -1.82. The van der Waals surface area contributed by atoms with Crippen molar-refractivity contribution in [2.45, 2.75) is 40.3 Å². The Labute approximate surface area is 119 Å². The Bertz CT molecular complexity index is 560. The molecule has 0 saturated heterocycles. The summed E-state index contributed by atoms with van der Waals surface area (Å²) in [5, 5.41) is 11.6. The zero-order valence-electron chi connectivity index (χ0n) is 12.6. The summed E-state index contributed by atoms with van der Waals surface area (Å²) in [4.78, 5) is 0. The van der Waals surface area contributed by atoms with Gasteiger partial charge in [0.05, 0.1) is 11.4 Å². The first-order chi connectivity index (χ1) is 9.61. The molecule has 0 spiro atoms. The molecule has 0 aliphatic rings. The third-order valence-electron chi connectivity index (χ3n) is 3.14. The number of nitrogens with one attached hydrogen (secondary N) is 1. The van der Waals surface area contributed by atoms with Crippen molar-refractivity contribution in [2.24, 2.45) is 7.05 Å². The summed E-state index contributed by atoms with van der Waals surface area (Å²) in [6, 6.07) is 1.92. The number of aryl methyl sites for hydroxylation is 2. The molecule has 110 valence electrons. The summed E-state index contributed by atoms with van der Waals surface area (Å²) < 4.78 is 12.8. The second kappa shape index (κ2) is 6.56. The Balaban J connectivity index is 1.91. The number of ether oxygens (including phenoxy) is 1. The fourth-order valence-corrected chi connectivity index (χ4v) is 2.01. The van der Waals surface area contributed by atoms with E-state index >= 15 is 0 Å². The highest BCUT2D eigenvalue weighted by atomic mass is 16.5. The van der Waals surface area contributed by atoms with Crippen molar-refractivity contribution in [2.75, 3.05) is 6.54 Å². The van der Waals surface area contributed by atoms with Crippen molar-refractivity contribution in [3.05, 3.63) is 28.9 Å². The molecular formula is C14H22N4O2. The highest BCUT2D eigenvalue weighted by Crippen LogP contribution is 2.22. The predicted molar refractivity (Wildman–Crippen MR) is 75.5 cm³/mol. The van der Waals surface area contributed by atoms with Crippen LogP contribution in [-0.2, 0) is 20.2 Å². The topological polar surface area (TPSA) is 65.1 Å². The van der Waals surface area contributed by atoms with Crippen LogP contribution in [0.3, 0.4) is 0 Å². The van der Waals surface area contributed by atoms with Crippen molar-refractivity contribution >= 4 is 0 Å². The molecule has 0 unspecified atom stereocenters. The summed E-state index contributed by atoms with van der Waals surface area (Å²) in [6.45, 7) is 8.12. The number of rotatable bonds is 7. The second-order valence-electron chi connectivity index (χ2n) is 4.87. The summed E-state index contributed by atoms with van der Waals surface area (Å²) in [6.07, 6.45) is 1.10. The molecule has 0 aliphatic heterocycles. The molecule has 0 fully saturated rings. The van der Waals surface area contributed by atoms with Gasteiger partial charge in [-0.25, -0.2) is 0 Å². The van der Waals surface area contributed by atoms with Gasteiger partial charge in [0.25, 0.3) is 0 Å². The number of hydrogen-bond acceptors (Lipinski definition) is 5. The highest BCUT2D eigenvalue weighted by molar-refractivity contribution is 5.31. The van der Waals surface area contributed by atoms with Gasteiger partial charge in [0.2, 0.25) is 0 Å². The molecule has 6 heteroatoms. The van der Waals surface area contributed by atoms with Crippen LogP contribution in [0.2, 0.25) is 0 Å². The van der Waals surface area contributed by atoms with E-state index in [4.69, 9.17) is 9.26 Å². The summed E-state index contributed by atoms with van der Waals surface area (Å²) >= 11 is 0. The zero-order chi connectivity index (χ0) is 14.5. The molecule has 6 nitrogen and oxygen atoms in total. The van der Waals surface area contributed by atoms with Gasteiger partial charge in [-0.05, 0) is 26.8 Å². The molecule has 1 N–H and O–H groups in total. The summed E-state index contributed by atoms with van der Waals surface area (Å²) in [5.74, 6) is 1.54. The first kappa shape index (κ1) is 14.6. The molecule has 0 aromatic carbocycles. The van der Waals surface area contributed by atoms with Gasteiger partial charge in [0.1, 0.15) is 12.3 Å². The SMILES string of the molecule is CCCNCc1cc(COc2c(C)nn(C)c2C)on1. The van der Waals surface area contributed by atoms with E-state index < -0.39 is 0 Å². The monoisotopic (exact) mass is 278 g/mol. The Morgan fingerprint density at radius 3 is 2.85 bits per heavy atom. The third-order valence-corrected chi connectivity index (χ3v) is 3.14. The van der Waals surface area contributed by atoms with E-state index in [1.165, 1.54) is 0 Å². The fourth-order valence-electron chi connectivity index (χ4n) is 2.01. The maximum atomic E-state index is 5.78. The van der Waals surface area contributed by atoms with Crippen molar-refractivity contribution in [1.29, 1.82) is 0 Å². The molecule has 2 aromatic heterocycles. The Morgan fingerprint density at radius 1 is 1.40 bits per heavy atom.